The van der Waals surface area contributed by atoms with Crippen LogP contribution in [0.1, 0.15) is 28.4 Å². The molecule has 0 spiro atoms. The van der Waals surface area contributed by atoms with E-state index in [1.807, 2.05) is 25.1 Å². The van der Waals surface area contributed by atoms with Crippen molar-refractivity contribution in [3.8, 4) is 11.5 Å². The van der Waals surface area contributed by atoms with E-state index in [0.29, 0.717) is 51.0 Å². The highest BCUT2D eigenvalue weighted by Crippen LogP contribution is 2.32. The third kappa shape index (κ3) is 5.97. The van der Waals surface area contributed by atoms with Crippen LogP contribution in [0.3, 0.4) is 0 Å². The largest absolute Gasteiger partial charge is 0.490 e. The summed E-state index contributed by atoms with van der Waals surface area (Å²) in [6.07, 6.45) is 0. The summed E-state index contributed by atoms with van der Waals surface area (Å²) in [7, 11) is 0. The Kier molecular flexibility index (Phi) is 7.91. The maximum Gasteiger partial charge on any atom is 0.335 e. The van der Waals surface area contributed by atoms with Gasteiger partial charge in [-0.05, 0) is 55.0 Å². The van der Waals surface area contributed by atoms with Crippen molar-refractivity contribution in [2.24, 2.45) is 0 Å². The minimum Gasteiger partial charge on any atom is -0.490 e. The number of hydrogen-bond donors (Lipinski definition) is 2. The molecule has 0 heterocycles. The summed E-state index contributed by atoms with van der Waals surface area (Å²) in [6, 6.07) is 15.4. The van der Waals surface area contributed by atoms with Crippen molar-refractivity contribution in [1.82, 2.24) is 0 Å². The molecule has 0 radical (unpaired) electrons. The van der Waals surface area contributed by atoms with E-state index in [-0.39, 0.29) is 12.2 Å². The Labute approximate surface area is 195 Å². The molecule has 0 fully saturated rings. The van der Waals surface area contributed by atoms with Gasteiger partial charge in [-0.25, -0.2) is 4.79 Å². The second-order valence-electron chi connectivity index (χ2n) is 6.56. The first-order chi connectivity index (χ1) is 14.9. The Morgan fingerprint density at radius 1 is 0.935 bits per heavy atom. The van der Waals surface area contributed by atoms with Crippen molar-refractivity contribution in [3.05, 3.63) is 86.4 Å². The van der Waals surface area contributed by atoms with Crippen molar-refractivity contribution in [2.75, 3.05) is 11.9 Å². The smallest absolute Gasteiger partial charge is 0.335 e. The van der Waals surface area contributed by atoms with Crippen LogP contribution < -0.4 is 14.8 Å². The Balaban J connectivity index is 1.74. The Morgan fingerprint density at radius 2 is 1.68 bits per heavy atom. The molecule has 31 heavy (non-hydrogen) atoms. The second kappa shape index (κ2) is 10.6. The molecule has 162 valence electrons. The number of halogens is 3. The van der Waals surface area contributed by atoms with Crippen LogP contribution in [0, 0.1) is 0 Å². The van der Waals surface area contributed by atoms with E-state index in [0.717, 1.165) is 5.56 Å². The first kappa shape index (κ1) is 23.1. The van der Waals surface area contributed by atoms with Gasteiger partial charge in [0.05, 0.1) is 22.9 Å². The number of nitrogens with one attached hydrogen (secondary N) is 1. The number of aromatic carboxylic acids is 1. The lowest BCUT2D eigenvalue weighted by Gasteiger charge is -2.15. The maximum absolute atomic E-state index is 11.2. The fraction of sp³-hybridized carbons (Fsp3) is 0.174. The van der Waals surface area contributed by atoms with Crippen molar-refractivity contribution in [1.29, 1.82) is 0 Å². The highest BCUT2D eigenvalue weighted by Gasteiger charge is 2.12. The molecular weight excluding hydrogens is 461 g/mol. The molecule has 0 aliphatic heterocycles. The molecule has 5 nitrogen and oxygen atoms in total. The summed E-state index contributed by atoms with van der Waals surface area (Å²) in [5, 5.41) is 13.8. The molecule has 0 saturated heterocycles. The van der Waals surface area contributed by atoms with Gasteiger partial charge < -0.3 is 19.9 Å². The maximum atomic E-state index is 11.2. The van der Waals surface area contributed by atoms with Crippen LogP contribution in [0.2, 0.25) is 15.1 Å². The minimum absolute atomic E-state index is 0.156. The van der Waals surface area contributed by atoms with Gasteiger partial charge in [-0.2, -0.15) is 0 Å². The fourth-order valence-electron chi connectivity index (χ4n) is 2.86. The van der Waals surface area contributed by atoms with Crippen LogP contribution in [0.4, 0.5) is 5.69 Å². The fourth-order valence-corrected chi connectivity index (χ4v) is 3.55. The standard InChI is InChI=1S/C23H20Cl3NO4/c1-2-30-22-10-14(12-27-20-11-15(23(28)29)7-8-19(20)26)6-9-21(22)31-13-16-17(24)4-3-5-18(16)25/h3-11,27H,2,12-13H2,1H3,(H,28,29). The molecule has 0 aliphatic carbocycles. The summed E-state index contributed by atoms with van der Waals surface area (Å²) < 4.78 is 11.6. The first-order valence-corrected chi connectivity index (χ1v) is 10.6. The van der Waals surface area contributed by atoms with E-state index in [2.05, 4.69) is 5.32 Å². The Morgan fingerprint density at radius 3 is 2.35 bits per heavy atom. The average molecular weight is 481 g/mol. The Bertz CT molecular complexity index is 1070. The van der Waals surface area contributed by atoms with Gasteiger partial charge in [0.15, 0.2) is 11.5 Å². The first-order valence-electron chi connectivity index (χ1n) is 9.47. The van der Waals surface area contributed by atoms with E-state index in [1.165, 1.54) is 12.1 Å². The topological polar surface area (TPSA) is 67.8 Å². The number of carbonyl (C=O) groups is 1. The summed E-state index contributed by atoms with van der Waals surface area (Å²) in [6.45, 7) is 2.97. The van der Waals surface area contributed by atoms with Gasteiger partial charge >= 0.3 is 5.97 Å². The predicted molar refractivity (Wildman–Crippen MR) is 124 cm³/mol. The summed E-state index contributed by atoms with van der Waals surface area (Å²) >= 11 is 18.6. The van der Waals surface area contributed by atoms with Crippen LogP contribution in [0.25, 0.3) is 0 Å². The predicted octanol–water partition coefficient (Wildman–Crippen LogP) is 6.93. The average Bonchev–Trinajstić information content (AvgIpc) is 2.74. The van der Waals surface area contributed by atoms with E-state index < -0.39 is 5.97 Å². The van der Waals surface area contributed by atoms with Gasteiger partial charge in [0, 0.05) is 22.2 Å². The third-order valence-corrected chi connectivity index (χ3v) is 5.48. The molecule has 0 aromatic heterocycles. The van der Waals surface area contributed by atoms with Crippen LogP contribution in [-0.2, 0) is 13.2 Å². The molecule has 2 N–H and O–H groups in total. The van der Waals surface area contributed by atoms with Gasteiger partial charge in [0.2, 0.25) is 0 Å². The third-order valence-electron chi connectivity index (χ3n) is 4.44. The van der Waals surface area contributed by atoms with Crippen molar-refractivity contribution >= 4 is 46.5 Å². The molecule has 0 saturated carbocycles. The lowest BCUT2D eigenvalue weighted by atomic mass is 10.1. The number of hydrogen-bond acceptors (Lipinski definition) is 4. The van der Waals surface area contributed by atoms with E-state index in [1.54, 1.807) is 24.3 Å². The number of ether oxygens (including phenoxy) is 2. The number of rotatable bonds is 9. The van der Waals surface area contributed by atoms with Crippen LogP contribution in [0.5, 0.6) is 11.5 Å². The van der Waals surface area contributed by atoms with Crippen LogP contribution in [-0.4, -0.2) is 17.7 Å². The molecule has 8 heteroatoms. The normalized spacial score (nSPS) is 10.6. The van der Waals surface area contributed by atoms with Crippen LogP contribution >= 0.6 is 34.8 Å². The van der Waals surface area contributed by atoms with Crippen molar-refractivity contribution in [2.45, 2.75) is 20.1 Å². The lowest BCUT2D eigenvalue weighted by Crippen LogP contribution is -2.05. The van der Waals surface area contributed by atoms with Gasteiger partial charge in [0.1, 0.15) is 6.61 Å². The zero-order valence-corrected chi connectivity index (χ0v) is 18.9. The van der Waals surface area contributed by atoms with E-state index in [9.17, 15) is 4.79 Å². The minimum atomic E-state index is -1.02. The van der Waals surface area contributed by atoms with Gasteiger partial charge in [-0.15, -0.1) is 0 Å². The van der Waals surface area contributed by atoms with Gasteiger partial charge in [-0.3, -0.25) is 0 Å². The molecule has 0 aliphatic rings. The summed E-state index contributed by atoms with van der Waals surface area (Å²) in [4.78, 5) is 11.2. The molecule has 0 atom stereocenters. The van der Waals surface area contributed by atoms with Crippen molar-refractivity contribution in [3.63, 3.8) is 0 Å². The van der Waals surface area contributed by atoms with Crippen molar-refractivity contribution < 1.29 is 19.4 Å². The van der Waals surface area contributed by atoms with E-state index >= 15 is 0 Å². The molecule has 3 aromatic carbocycles. The number of carboxylic acids is 1. The molecule has 3 rings (SSSR count). The number of carboxylic acid groups (broad SMARTS) is 1. The SMILES string of the molecule is CCOc1cc(CNc2cc(C(=O)O)ccc2Cl)ccc1OCc1c(Cl)cccc1Cl. The zero-order chi connectivity index (χ0) is 22.4. The molecular formula is C23H20Cl3NO4. The monoisotopic (exact) mass is 479 g/mol. The molecule has 0 unspecified atom stereocenters. The number of anilines is 1. The summed E-state index contributed by atoms with van der Waals surface area (Å²) in [5.41, 5.74) is 2.30. The highest BCUT2D eigenvalue weighted by atomic mass is 35.5. The van der Waals surface area contributed by atoms with Crippen LogP contribution in [0.15, 0.2) is 54.6 Å². The van der Waals surface area contributed by atoms with Gasteiger partial charge in [0.25, 0.3) is 0 Å². The highest BCUT2D eigenvalue weighted by molar-refractivity contribution is 6.36. The quantitative estimate of drug-likeness (QED) is 0.347. The second-order valence-corrected chi connectivity index (χ2v) is 7.78. The lowest BCUT2D eigenvalue weighted by molar-refractivity contribution is 0.0697. The Hall–Kier alpha value is -2.60. The molecule has 0 bridgehead atoms. The summed E-state index contributed by atoms with van der Waals surface area (Å²) in [5.74, 6) is 0.126. The van der Waals surface area contributed by atoms with Gasteiger partial charge in [-0.1, -0.05) is 46.9 Å². The molecule has 3 aromatic rings. The van der Waals surface area contributed by atoms with E-state index in [4.69, 9.17) is 49.4 Å². The zero-order valence-electron chi connectivity index (χ0n) is 16.6. The number of benzene rings is 3. The molecule has 0 amide bonds.